The Bertz CT molecular complexity index is 1950. The van der Waals surface area contributed by atoms with Gasteiger partial charge in [0.15, 0.2) is 11.6 Å². The minimum Gasteiger partial charge on any atom is -0.744 e. The van der Waals surface area contributed by atoms with Gasteiger partial charge in [0, 0.05) is 17.8 Å². The second-order valence-electron chi connectivity index (χ2n) is 17.6. The molecule has 3 saturated carbocycles. The van der Waals surface area contributed by atoms with Gasteiger partial charge in [-0.15, -0.1) is 0 Å². The third kappa shape index (κ3) is 4.72. The summed E-state index contributed by atoms with van der Waals surface area (Å²) in [6.45, 7) is 0. The number of esters is 1. The third-order valence-corrected chi connectivity index (χ3v) is 16.4. The summed E-state index contributed by atoms with van der Waals surface area (Å²) in [6.07, 6.45) is 12.0. The molecule has 284 valence electrons. The van der Waals surface area contributed by atoms with Crippen molar-refractivity contribution in [1.82, 2.24) is 0 Å². The summed E-state index contributed by atoms with van der Waals surface area (Å²) in [5, 5.41) is 0. The summed E-state index contributed by atoms with van der Waals surface area (Å²) < 4.78 is 120. The summed E-state index contributed by atoms with van der Waals surface area (Å²) in [7, 11) is -5.95. The lowest BCUT2D eigenvalue weighted by atomic mass is 9.67. The Morgan fingerprint density at radius 1 is 0.623 bits per heavy atom. The Hall–Kier alpha value is -2.58. The van der Waals surface area contributed by atoms with Crippen molar-refractivity contribution >= 4 is 16.1 Å². The molecule has 6 aliphatic heterocycles. The summed E-state index contributed by atoms with van der Waals surface area (Å²) in [5.74, 6) is -10.2. The maximum absolute atomic E-state index is 15.4. The van der Waals surface area contributed by atoms with E-state index in [0.29, 0.717) is 59.5 Å². The molecule has 0 aromatic heterocycles. The van der Waals surface area contributed by atoms with Gasteiger partial charge in [0.25, 0.3) is 0 Å². The van der Waals surface area contributed by atoms with E-state index in [1.54, 1.807) is 0 Å². The molecule has 0 spiro atoms. The molecule has 8 nitrogen and oxygen atoms in total. The van der Waals surface area contributed by atoms with Gasteiger partial charge in [-0.25, -0.2) is 22.0 Å². The molecule has 9 aliphatic rings. The molecule has 0 radical (unpaired) electrons. The molecule has 9 fully saturated rings. The van der Waals surface area contributed by atoms with Gasteiger partial charge in [0.05, 0.1) is 42.2 Å². The zero-order valence-electron chi connectivity index (χ0n) is 29.0. The van der Waals surface area contributed by atoms with Crippen LogP contribution in [0.4, 0.5) is 17.6 Å². The monoisotopic (exact) mass is 757 g/mol. The van der Waals surface area contributed by atoms with Crippen molar-refractivity contribution in [1.29, 1.82) is 0 Å². The zero-order valence-corrected chi connectivity index (χ0v) is 29.8. The molecule has 13 heteroatoms. The topological polar surface area (TPSA) is 111 Å². The lowest BCUT2D eigenvalue weighted by Gasteiger charge is -2.35. The van der Waals surface area contributed by atoms with Gasteiger partial charge in [0.2, 0.25) is 17.4 Å². The number of carbonyl (C=O) groups excluding carboxylic acids is 1. The number of rotatable bonds is 6. The third-order valence-electron chi connectivity index (χ3n) is 15.5. The van der Waals surface area contributed by atoms with E-state index in [1.807, 2.05) is 12.1 Å². The smallest absolute Gasteiger partial charge is 0.344 e. The van der Waals surface area contributed by atoms with Crippen LogP contribution in [0.5, 0.6) is 5.75 Å². The van der Waals surface area contributed by atoms with E-state index in [-0.39, 0.29) is 59.9 Å². The normalized spacial score (nSPS) is 42.8. The van der Waals surface area contributed by atoms with Crippen LogP contribution in [0.3, 0.4) is 0 Å². The van der Waals surface area contributed by atoms with Crippen molar-refractivity contribution < 1.29 is 54.3 Å². The first-order chi connectivity index (χ1) is 25.5. The molecule has 2 aromatic rings. The Kier molecular flexibility index (Phi) is 7.46. The first-order valence-corrected chi connectivity index (χ1v) is 21.1. The predicted molar refractivity (Wildman–Crippen MR) is 176 cm³/mol. The average Bonchev–Trinajstić information content (AvgIpc) is 3.98. The Morgan fingerprint density at radius 3 is 1.45 bits per heavy atom. The Labute approximate surface area is 305 Å². The highest BCUT2D eigenvalue weighted by atomic mass is 32.2. The lowest BCUT2D eigenvalue weighted by molar-refractivity contribution is 0.0700. The van der Waals surface area contributed by atoms with Crippen LogP contribution in [0.15, 0.2) is 17.0 Å². The molecule has 0 amide bonds. The highest BCUT2D eigenvalue weighted by Gasteiger charge is 2.60. The predicted octanol–water partition coefficient (Wildman–Crippen LogP) is 7.38. The molecule has 2 aromatic carbocycles. The van der Waals surface area contributed by atoms with Gasteiger partial charge in [0.1, 0.15) is 15.0 Å². The fourth-order valence-electron chi connectivity index (χ4n) is 13.6. The maximum atomic E-state index is 15.4. The molecule has 15 atom stereocenters. The quantitative estimate of drug-likeness (QED) is 0.0988. The molecular formula is C40H41F4O8S-. The minimum absolute atomic E-state index is 0.0169. The van der Waals surface area contributed by atoms with E-state index < -0.39 is 50.0 Å². The van der Waals surface area contributed by atoms with E-state index in [9.17, 15) is 26.5 Å². The molecule has 0 N–H and O–H groups in total. The summed E-state index contributed by atoms with van der Waals surface area (Å²) in [6, 6.07) is 4.09. The standard InChI is InChI=1S/C40H42F4O8S/c41-31-33(43)39(53(46,47)48)34(44)32(42)38(31)52-40(45)30-23(25-13-28-17-5-2-8-20(17)36(25)50-28)10-15(22-12-27-16-4-1-7-19(16)35(22)49-27)11-24(30)26-14-29-18-6-3-9-21(18)37(26)51-29/h10-11,16-22,25-29,35-37H,1-9,12-14H2,(H,46,47,48)/p-1. The number of fused-ring (bicyclic) bond motifs is 15. The van der Waals surface area contributed by atoms with Crippen molar-refractivity contribution in [2.75, 3.05) is 0 Å². The molecule has 6 saturated heterocycles. The van der Waals surface area contributed by atoms with Crippen LogP contribution >= 0.6 is 0 Å². The van der Waals surface area contributed by atoms with Crippen molar-refractivity contribution in [2.24, 2.45) is 35.5 Å². The van der Waals surface area contributed by atoms with Gasteiger partial charge in [-0.2, -0.15) is 8.78 Å². The van der Waals surface area contributed by atoms with Crippen LogP contribution in [0.25, 0.3) is 0 Å². The summed E-state index contributed by atoms with van der Waals surface area (Å²) in [5.41, 5.74) is 2.46. The Balaban J connectivity index is 1.07. The van der Waals surface area contributed by atoms with Crippen LogP contribution in [0.2, 0.25) is 0 Å². The molecule has 11 rings (SSSR count). The molecular weight excluding hydrogens is 716 g/mol. The van der Waals surface area contributed by atoms with Gasteiger partial charge in [-0.1, -0.05) is 31.4 Å². The van der Waals surface area contributed by atoms with Crippen LogP contribution in [0, 0.1) is 58.8 Å². The fraction of sp³-hybridized carbons (Fsp3) is 0.675. The number of halogens is 4. The highest BCUT2D eigenvalue weighted by Crippen LogP contribution is 2.62. The number of benzene rings is 2. The van der Waals surface area contributed by atoms with Crippen molar-refractivity contribution in [2.45, 2.75) is 136 Å². The van der Waals surface area contributed by atoms with Crippen LogP contribution in [-0.4, -0.2) is 55.6 Å². The second-order valence-corrected chi connectivity index (χ2v) is 18.9. The minimum atomic E-state index is -5.95. The molecule has 53 heavy (non-hydrogen) atoms. The highest BCUT2D eigenvalue weighted by molar-refractivity contribution is 7.85. The van der Waals surface area contributed by atoms with Gasteiger partial charge in [-0.05, 0) is 110 Å². The van der Waals surface area contributed by atoms with E-state index >= 15 is 8.78 Å². The van der Waals surface area contributed by atoms with Gasteiger partial charge in [-0.3, -0.25) is 0 Å². The number of carbonyl (C=O) groups is 1. The molecule has 6 heterocycles. The van der Waals surface area contributed by atoms with E-state index in [0.717, 1.165) is 56.9 Å². The molecule has 6 bridgehead atoms. The molecule has 15 unspecified atom stereocenters. The number of hydrogen-bond acceptors (Lipinski definition) is 8. The second kappa shape index (κ2) is 11.7. The molecule has 3 aliphatic carbocycles. The van der Waals surface area contributed by atoms with Crippen LogP contribution in [0.1, 0.15) is 122 Å². The van der Waals surface area contributed by atoms with Crippen molar-refractivity contribution in [3.63, 3.8) is 0 Å². The van der Waals surface area contributed by atoms with E-state index in [4.69, 9.17) is 18.9 Å². The van der Waals surface area contributed by atoms with Crippen LogP contribution < -0.4 is 4.74 Å². The van der Waals surface area contributed by atoms with Gasteiger partial charge < -0.3 is 23.5 Å². The first-order valence-electron chi connectivity index (χ1n) is 19.7. The van der Waals surface area contributed by atoms with E-state index in [1.165, 1.54) is 12.8 Å². The van der Waals surface area contributed by atoms with Crippen LogP contribution in [-0.2, 0) is 24.3 Å². The SMILES string of the molecule is O=C(Oc1c(F)c(F)c(S(=O)(=O)[O-])c(F)c1F)c1c(C2CC3OC2C2CCCC32)cc(C2CC3OC2C2CCCC32)cc1C1CC2OC1C1CCCC21. The Morgan fingerprint density at radius 2 is 1.02 bits per heavy atom. The number of hydrogen-bond donors (Lipinski definition) is 0. The van der Waals surface area contributed by atoms with Crippen molar-refractivity contribution in [3.05, 3.63) is 57.7 Å². The van der Waals surface area contributed by atoms with E-state index in [2.05, 4.69) is 0 Å². The number of ether oxygens (including phenoxy) is 4. The largest absolute Gasteiger partial charge is 0.744 e. The maximum Gasteiger partial charge on any atom is 0.344 e. The fourth-order valence-corrected chi connectivity index (χ4v) is 14.2. The van der Waals surface area contributed by atoms with Gasteiger partial charge >= 0.3 is 5.97 Å². The first kappa shape index (κ1) is 33.7. The van der Waals surface area contributed by atoms with Crippen molar-refractivity contribution in [3.8, 4) is 5.75 Å². The average molecular weight is 758 g/mol. The summed E-state index contributed by atoms with van der Waals surface area (Å²) >= 11 is 0. The zero-order chi connectivity index (χ0) is 36.2. The summed E-state index contributed by atoms with van der Waals surface area (Å²) in [4.78, 5) is 12.4. The lowest BCUT2D eigenvalue weighted by Crippen LogP contribution is -2.33.